The SMILES string of the molecule is N#Cc1ccc(Cl)cc1C=CCN=[N+]=[N-]. The summed E-state index contributed by atoms with van der Waals surface area (Å²) in [7, 11) is 0. The van der Waals surface area contributed by atoms with E-state index in [0.717, 1.165) is 5.56 Å². The van der Waals surface area contributed by atoms with Crippen LogP contribution < -0.4 is 0 Å². The van der Waals surface area contributed by atoms with Gasteiger partial charge in [0.25, 0.3) is 0 Å². The number of nitrogens with zero attached hydrogens (tertiary/aromatic N) is 4. The quantitative estimate of drug-likeness (QED) is 0.434. The molecule has 0 fully saturated rings. The molecule has 0 N–H and O–H groups in total. The summed E-state index contributed by atoms with van der Waals surface area (Å²) in [5, 5.41) is 12.7. The topological polar surface area (TPSA) is 72.5 Å². The van der Waals surface area contributed by atoms with Crippen LogP contribution in [0.1, 0.15) is 11.1 Å². The van der Waals surface area contributed by atoms with Gasteiger partial charge in [-0.2, -0.15) is 5.26 Å². The third-order valence-corrected chi connectivity index (χ3v) is 1.92. The maximum absolute atomic E-state index is 8.80. The average Bonchev–Trinajstić information content (AvgIpc) is 2.25. The van der Waals surface area contributed by atoms with Crippen LogP contribution in [0, 0.1) is 11.3 Å². The molecule has 15 heavy (non-hydrogen) atoms. The summed E-state index contributed by atoms with van der Waals surface area (Å²) < 4.78 is 0. The molecule has 0 heterocycles. The van der Waals surface area contributed by atoms with Crippen LogP contribution in [0.3, 0.4) is 0 Å². The molecule has 0 aliphatic carbocycles. The molecule has 0 radical (unpaired) electrons. The summed E-state index contributed by atoms with van der Waals surface area (Å²) in [5.74, 6) is 0. The molecule has 1 rings (SSSR count). The summed E-state index contributed by atoms with van der Waals surface area (Å²) >= 11 is 5.79. The minimum absolute atomic E-state index is 0.258. The van der Waals surface area contributed by atoms with Gasteiger partial charge < -0.3 is 0 Å². The predicted molar refractivity (Wildman–Crippen MR) is 59.2 cm³/mol. The van der Waals surface area contributed by atoms with E-state index in [1.165, 1.54) is 0 Å². The third kappa shape index (κ3) is 3.35. The van der Waals surface area contributed by atoms with Gasteiger partial charge in [0.05, 0.1) is 11.6 Å². The molecule has 1 aromatic carbocycles. The van der Waals surface area contributed by atoms with Gasteiger partial charge in [0, 0.05) is 16.5 Å². The lowest BCUT2D eigenvalue weighted by Gasteiger charge is -1.97. The molecule has 0 aliphatic heterocycles. The largest absolute Gasteiger partial charge is 0.192 e. The first-order valence-corrected chi connectivity index (χ1v) is 4.53. The number of azide groups is 1. The van der Waals surface area contributed by atoms with Crippen molar-refractivity contribution in [3.05, 3.63) is 50.9 Å². The van der Waals surface area contributed by atoms with Crippen molar-refractivity contribution in [3.63, 3.8) is 0 Å². The summed E-state index contributed by atoms with van der Waals surface area (Å²) in [6, 6.07) is 7.04. The second-order valence-corrected chi connectivity index (χ2v) is 3.10. The van der Waals surface area contributed by atoms with E-state index in [1.54, 1.807) is 30.4 Å². The Hall–Kier alpha value is -1.95. The first-order valence-electron chi connectivity index (χ1n) is 4.15. The van der Waals surface area contributed by atoms with Crippen molar-refractivity contribution in [2.24, 2.45) is 5.11 Å². The zero-order valence-corrected chi connectivity index (χ0v) is 8.52. The van der Waals surface area contributed by atoms with Crippen molar-refractivity contribution in [2.75, 3.05) is 6.54 Å². The molecular weight excluding hydrogens is 212 g/mol. The highest BCUT2D eigenvalue weighted by atomic mass is 35.5. The first-order chi connectivity index (χ1) is 7.27. The van der Waals surface area contributed by atoms with Crippen molar-refractivity contribution in [1.29, 1.82) is 5.26 Å². The van der Waals surface area contributed by atoms with E-state index in [-0.39, 0.29) is 6.54 Å². The number of nitriles is 1. The lowest BCUT2D eigenvalue weighted by atomic mass is 10.1. The molecule has 0 bridgehead atoms. The van der Waals surface area contributed by atoms with Gasteiger partial charge in [0.1, 0.15) is 0 Å². The van der Waals surface area contributed by atoms with Gasteiger partial charge >= 0.3 is 0 Å². The molecule has 5 heteroatoms. The summed E-state index contributed by atoms with van der Waals surface area (Å²) in [4.78, 5) is 2.61. The smallest absolute Gasteiger partial charge is 0.0997 e. The van der Waals surface area contributed by atoms with E-state index in [0.29, 0.717) is 10.6 Å². The van der Waals surface area contributed by atoms with Gasteiger partial charge in [-0.25, -0.2) is 0 Å². The van der Waals surface area contributed by atoms with E-state index in [2.05, 4.69) is 16.1 Å². The number of halogens is 1. The normalized spacial score (nSPS) is 9.60. The minimum Gasteiger partial charge on any atom is -0.192 e. The molecule has 0 aliphatic rings. The maximum Gasteiger partial charge on any atom is 0.0997 e. The molecule has 1 aromatic rings. The molecule has 0 spiro atoms. The molecule has 0 aromatic heterocycles. The van der Waals surface area contributed by atoms with E-state index < -0.39 is 0 Å². The fourth-order valence-corrected chi connectivity index (χ4v) is 1.22. The maximum atomic E-state index is 8.80. The van der Waals surface area contributed by atoms with Gasteiger partial charge in [-0.1, -0.05) is 28.9 Å². The summed E-state index contributed by atoms with van der Waals surface area (Å²) in [5.41, 5.74) is 9.32. The highest BCUT2D eigenvalue weighted by molar-refractivity contribution is 6.30. The van der Waals surface area contributed by atoms with E-state index >= 15 is 0 Å². The van der Waals surface area contributed by atoms with E-state index in [4.69, 9.17) is 22.4 Å². The highest BCUT2D eigenvalue weighted by Gasteiger charge is 1.98. The van der Waals surface area contributed by atoms with Crippen molar-refractivity contribution in [3.8, 4) is 6.07 Å². The molecule has 0 unspecified atom stereocenters. The first kappa shape index (κ1) is 11.1. The summed E-state index contributed by atoms with van der Waals surface area (Å²) in [6.07, 6.45) is 3.38. The summed E-state index contributed by atoms with van der Waals surface area (Å²) in [6.45, 7) is 0.258. The molecule has 0 atom stereocenters. The fourth-order valence-electron chi connectivity index (χ4n) is 1.04. The Balaban J connectivity index is 2.93. The Morgan fingerprint density at radius 2 is 2.40 bits per heavy atom. The molecule has 0 amide bonds. The number of rotatable bonds is 3. The van der Waals surface area contributed by atoms with E-state index in [1.807, 2.05) is 0 Å². The second-order valence-electron chi connectivity index (χ2n) is 2.66. The number of hydrogen-bond acceptors (Lipinski definition) is 2. The monoisotopic (exact) mass is 218 g/mol. The van der Waals surface area contributed by atoms with Gasteiger partial charge in [-0.15, -0.1) is 0 Å². The second kappa shape index (κ2) is 5.71. The van der Waals surface area contributed by atoms with Gasteiger partial charge in [0.2, 0.25) is 0 Å². The van der Waals surface area contributed by atoms with Gasteiger partial charge in [-0.05, 0) is 29.3 Å². The highest BCUT2D eigenvalue weighted by Crippen LogP contribution is 2.16. The van der Waals surface area contributed by atoms with Crippen molar-refractivity contribution in [1.82, 2.24) is 0 Å². The van der Waals surface area contributed by atoms with Crippen LogP contribution in [0.2, 0.25) is 5.02 Å². The van der Waals surface area contributed by atoms with Crippen molar-refractivity contribution < 1.29 is 0 Å². The standard InChI is InChI=1S/C10H7ClN4/c11-10-4-3-9(7-12)8(6-10)2-1-5-14-15-13/h1-4,6H,5H2. The van der Waals surface area contributed by atoms with Crippen LogP contribution in [-0.2, 0) is 0 Å². The van der Waals surface area contributed by atoms with E-state index in [9.17, 15) is 0 Å². The van der Waals surface area contributed by atoms with Crippen LogP contribution in [0.5, 0.6) is 0 Å². The third-order valence-electron chi connectivity index (χ3n) is 1.68. The van der Waals surface area contributed by atoms with Crippen LogP contribution >= 0.6 is 11.6 Å². The molecular formula is C10H7ClN4. The van der Waals surface area contributed by atoms with Crippen LogP contribution in [0.25, 0.3) is 16.5 Å². The molecule has 0 saturated carbocycles. The van der Waals surface area contributed by atoms with Gasteiger partial charge in [-0.3, -0.25) is 0 Å². The lowest BCUT2D eigenvalue weighted by molar-refractivity contribution is 1.22. The van der Waals surface area contributed by atoms with Crippen LogP contribution in [-0.4, -0.2) is 6.54 Å². The Morgan fingerprint density at radius 1 is 1.60 bits per heavy atom. The zero-order valence-electron chi connectivity index (χ0n) is 7.76. The Bertz CT molecular complexity index is 467. The Labute approximate surface area is 92.0 Å². The van der Waals surface area contributed by atoms with Gasteiger partial charge in [0.15, 0.2) is 0 Å². The lowest BCUT2D eigenvalue weighted by Crippen LogP contribution is -1.81. The van der Waals surface area contributed by atoms with Crippen LogP contribution in [0.15, 0.2) is 29.4 Å². The minimum atomic E-state index is 0.258. The zero-order chi connectivity index (χ0) is 11.1. The van der Waals surface area contributed by atoms with Crippen molar-refractivity contribution in [2.45, 2.75) is 0 Å². The Morgan fingerprint density at radius 3 is 3.07 bits per heavy atom. The number of benzene rings is 1. The molecule has 4 nitrogen and oxygen atoms in total. The predicted octanol–water partition coefficient (Wildman–Crippen LogP) is 3.54. The number of hydrogen-bond donors (Lipinski definition) is 0. The average molecular weight is 219 g/mol. The van der Waals surface area contributed by atoms with Crippen LogP contribution in [0.4, 0.5) is 0 Å². The molecule has 0 saturated heterocycles. The fraction of sp³-hybridized carbons (Fsp3) is 0.100. The molecule has 74 valence electrons. The van der Waals surface area contributed by atoms with Crippen molar-refractivity contribution >= 4 is 17.7 Å². The Kier molecular flexibility index (Phi) is 4.24.